The van der Waals surface area contributed by atoms with Gasteiger partial charge in [0, 0.05) is 30.5 Å². The smallest absolute Gasteiger partial charge is 0.338 e. The van der Waals surface area contributed by atoms with Gasteiger partial charge < -0.3 is 9.47 Å². The molecule has 30 heavy (non-hydrogen) atoms. The number of aryl methyl sites for hydroxylation is 1. The zero-order valence-corrected chi connectivity index (χ0v) is 18.3. The molecule has 0 atom stereocenters. The second-order valence-corrected chi connectivity index (χ2v) is 7.73. The fourth-order valence-corrected chi connectivity index (χ4v) is 4.16. The molecule has 0 saturated carbocycles. The van der Waals surface area contributed by atoms with Crippen molar-refractivity contribution in [1.29, 1.82) is 0 Å². The first-order valence-corrected chi connectivity index (χ1v) is 10.4. The molecule has 6 nitrogen and oxygen atoms in total. The van der Waals surface area contributed by atoms with Gasteiger partial charge in [0.2, 0.25) is 0 Å². The van der Waals surface area contributed by atoms with Gasteiger partial charge in [0.15, 0.2) is 5.16 Å². The monoisotopic (exact) mass is 424 g/mol. The quantitative estimate of drug-likeness (QED) is 0.327. The second kappa shape index (κ2) is 9.63. The zero-order chi connectivity index (χ0) is 21.7. The molecule has 0 spiro atoms. The van der Waals surface area contributed by atoms with E-state index in [1.807, 2.05) is 43.3 Å². The number of carbonyl (C=O) groups is 1. The minimum Gasteiger partial charge on any atom is -0.497 e. The van der Waals surface area contributed by atoms with Crippen LogP contribution in [0.3, 0.4) is 0 Å². The van der Waals surface area contributed by atoms with E-state index in [1.165, 1.54) is 18.9 Å². The van der Waals surface area contributed by atoms with Gasteiger partial charge in [-0.1, -0.05) is 42.1 Å². The summed E-state index contributed by atoms with van der Waals surface area (Å²) in [4.78, 5) is 29.6. The molecule has 0 radical (unpaired) electrons. The Morgan fingerprint density at radius 2 is 1.90 bits per heavy atom. The van der Waals surface area contributed by atoms with Crippen LogP contribution in [0.4, 0.5) is 0 Å². The van der Waals surface area contributed by atoms with Crippen molar-refractivity contribution in [2.24, 2.45) is 7.05 Å². The third-order valence-electron chi connectivity index (χ3n) is 4.84. The number of hydrogen-bond acceptors (Lipinski definition) is 6. The summed E-state index contributed by atoms with van der Waals surface area (Å²) in [5, 5.41) is 0.603. The van der Waals surface area contributed by atoms with E-state index in [0.717, 1.165) is 16.9 Å². The van der Waals surface area contributed by atoms with Crippen molar-refractivity contribution in [3.8, 4) is 5.75 Å². The van der Waals surface area contributed by atoms with Crippen LogP contribution in [0.1, 0.15) is 32.7 Å². The van der Waals surface area contributed by atoms with E-state index in [4.69, 9.17) is 9.47 Å². The van der Waals surface area contributed by atoms with E-state index >= 15 is 0 Å². The molecule has 156 valence electrons. The van der Waals surface area contributed by atoms with E-state index in [9.17, 15) is 9.59 Å². The van der Waals surface area contributed by atoms with Crippen LogP contribution in [-0.2, 0) is 24.0 Å². The molecule has 0 unspecified atom stereocenters. The van der Waals surface area contributed by atoms with Gasteiger partial charge in [0.25, 0.3) is 5.56 Å². The molecule has 0 aliphatic rings. The van der Waals surface area contributed by atoms with Crippen molar-refractivity contribution in [1.82, 2.24) is 9.55 Å². The zero-order valence-electron chi connectivity index (χ0n) is 17.5. The predicted octanol–water partition coefficient (Wildman–Crippen LogP) is 3.77. The summed E-state index contributed by atoms with van der Waals surface area (Å²) in [5.74, 6) is 0.879. The van der Waals surface area contributed by atoms with Crippen LogP contribution < -0.4 is 10.3 Å². The van der Waals surface area contributed by atoms with Gasteiger partial charge in [0.05, 0.1) is 19.8 Å². The number of hydrogen-bond donors (Lipinski definition) is 0. The minimum absolute atomic E-state index is 0.0749. The lowest BCUT2D eigenvalue weighted by Crippen LogP contribution is -2.25. The number of methoxy groups -OCH3 is 2. The van der Waals surface area contributed by atoms with Crippen molar-refractivity contribution in [2.45, 2.75) is 24.3 Å². The average molecular weight is 425 g/mol. The Morgan fingerprint density at radius 3 is 2.63 bits per heavy atom. The van der Waals surface area contributed by atoms with Crippen LogP contribution >= 0.6 is 11.8 Å². The molecule has 0 aliphatic heterocycles. The van der Waals surface area contributed by atoms with Gasteiger partial charge >= 0.3 is 5.97 Å². The third kappa shape index (κ3) is 4.74. The lowest BCUT2D eigenvalue weighted by Gasteiger charge is -2.13. The summed E-state index contributed by atoms with van der Waals surface area (Å²) in [6, 6.07) is 14.9. The highest BCUT2D eigenvalue weighted by Gasteiger charge is 2.15. The number of carbonyl (C=O) groups excluding carboxylic acids is 1. The fourth-order valence-electron chi connectivity index (χ4n) is 3.15. The highest BCUT2D eigenvalue weighted by molar-refractivity contribution is 7.98. The molecule has 2 aromatic carbocycles. The molecule has 0 aliphatic carbocycles. The van der Waals surface area contributed by atoms with Crippen molar-refractivity contribution in [2.75, 3.05) is 14.2 Å². The van der Waals surface area contributed by atoms with E-state index in [2.05, 4.69) is 4.98 Å². The second-order valence-electron chi connectivity index (χ2n) is 6.79. The molecule has 7 heteroatoms. The normalized spacial score (nSPS) is 10.7. The molecule has 1 heterocycles. The maximum absolute atomic E-state index is 13.0. The summed E-state index contributed by atoms with van der Waals surface area (Å²) < 4.78 is 11.7. The molecule has 3 aromatic rings. The summed E-state index contributed by atoms with van der Waals surface area (Å²) in [6.07, 6.45) is 0.485. The summed E-state index contributed by atoms with van der Waals surface area (Å²) in [5.41, 5.74) is 3.62. The Morgan fingerprint density at radius 1 is 1.13 bits per heavy atom. The van der Waals surface area contributed by atoms with Gasteiger partial charge in [0.1, 0.15) is 5.75 Å². The van der Waals surface area contributed by atoms with Gasteiger partial charge in [-0.05, 0) is 36.2 Å². The highest BCUT2D eigenvalue weighted by Crippen LogP contribution is 2.24. The standard InChI is InChI=1S/C23H24N2O4S/c1-15-20(13-16-8-7-10-18(12-16)28-3)21(26)25(2)23(24-15)30-14-17-9-5-6-11-19(17)22(27)29-4/h5-12H,13-14H2,1-4H3. The van der Waals surface area contributed by atoms with E-state index in [1.54, 1.807) is 30.9 Å². The fraction of sp³-hybridized carbons (Fsp3) is 0.261. The van der Waals surface area contributed by atoms with Crippen molar-refractivity contribution in [3.63, 3.8) is 0 Å². The van der Waals surface area contributed by atoms with Gasteiger partial charge in [-0.2, -0.15) is 0 Å². The maximum atomic E-state index is 13.0. The Kier molecular flexibility index (Phi) is 6.95. The SMILES string of the molecule is COC(=O)c1ccccc1CSc1nc(C)c(Cc2cccc(OC)c2)c(=O)n1C. The molecular formula is C23H24N2O4S. The van der Waals surface area contributed by atoms with Crippen molar-refractivity contribution >= 4 is 17.7 Å². The number of thioether (sulfide) groups is 1. The van der Waals surface area contributed by atoms with Crippen LogP contribution in [0.25, 0.3) is 0 Å². The Labute approximate surface area is 179 Å². The molecule has 1 aromatic heterocycles. The lowest BCUT2D eigenvalue weighted by molar-refractivity contribution is 0.0600. The molecule has 0 N–H and O–H groups in total. The Hall–Kier alpha value is -3.06. The molecule has 3 rings (SSSR count). The number of esters is 1. The van der Waals surface area contributed by atoms with E-state index < -0.39 is 0 Å². The van der Waals surface area contributed by atoms with Gasteiger partial charge in [-0.15, -0.1) is 0 Å². The largest absolute Gasteiger partial charge is 0.497 e. The molecule has 0 saturated heterocycles. The molecular weight excluding hydrogens is 400 g/mol. The number of nitrogens with zero attached hydrogens (tertiary/aromatic N) is 2. The number of aromatic nitrogens is 2. The van der Waals surface area contributed by atoms with Crippen LogP contribution in [-0.4, -0.2) is 29.7 Å². The molecule has 0 fully saturated rings. The maximum Gasteiger partial charge on any atom is 0.338 e. The predicted molar refractivity (Wildman–Crippen MR) is 117 cm³/mol. The van der Waals surface area contributed by atoms with Crippen LogP contribution in [0.2, 0.25) is 0 Å². The molecule has 0 bridgehead atoms. The van der Waals surface area contributed by atoms with Crippen LogP contribution in [0, 0.1) is 6.92 Å². The summed E-state index contributed by atoms with van der Waals surface area (Å²) in [6.45, 7) is 1.85. The Balaban J connectivity index is 1.85. The number of benzene rings is 2. The topological polar surface area (TPSA) is 70.4 Å². The van der Waals surface area contributed by atoms with Crippen LogP contribution in [0.15, 0.2) is 58.5 Å². The van der Waals surface area contributed by atoms with Crippen molar-refractivity contribution < 1.29 is 14.3 Å². The highest BCUT2D eigenvalue weighted by atomic mass is 32.2. The number of rotatable bonds is 7. The number of ether oxygens (including phenoxy) is 2. The van der Waals surface area contributed by atoms with E-state index in [0.29, 0.717) is 34.2 Å². The van der Waals surface area contributed by atoms with Gasteiger partial charge in [-0.3, -0.25) is 9.36 Å². The minimum atomic E-state index is -0.377. The van der Waals surface area contributed by atoms with E-state index in [-0.39, 0.29) is 11.5 Å². The van der Waals surface area contributed by atoms with Crippen molar-refractivity contribution in [3.05, 3.63) is 86.8 Å². The van der Waals surface area contributed by atoms with Gasteiger partial charge in [-0.25, -0.2) is 9.78 Å². The van der Waals surface area contributed by atoms with Crippen LogP contribution in [0.5, 0.6) is 5.75 Å². The first-order chi connectivity index (χ1) is 14.4. The average Bonchev–Trinajstić information content (AvgIpc) is 2.78. The first-order valence-electron chi connectivity index (χ1n) is 9.43. The summed E-state index contributed by atoms with van der Waals surface area (Å²) >= 11 is 1.42. The Bertz CT molecular complexity index is 1120. The lowest BCUT2D eigenvalue weighted by atomic mass is 10.0. The summed E-state index contributed by atoms with van der Waals surface area (Å²) in [7, 11) is 4.70. The molecule has 0 amide bonds. The first kappa shape index (κ1) is 21.6. The third-order valence-corrected chi connectivity index (χ3v) is 5.92.